The molecule has 0 atom stereocenters. The van der Waals surface area contributed by atoms with E-state index in [4.69, 9.17) is 0 Å². The fourth-order valence-corrected chi connectivity index (χ4v) is 2.14. The first-order chi connectivity index (χ1) is 8.93. The van der Waals surface area contributed by atoms with Gasteiger partial charge in [0.05, 0.1) is 0 Å². The molecule has 0 bridgehead atoms. The van der Waals surface area contributed by atoms with E-state index in [2.05, 4.69) is 84.9 Å². The largest absolute Gasteiger partial charge is 2.00 e. The molecule has 0 aromatic heterocycles. The van der Waals surface area contributed by atoms with Crippen LogP contribution in [0.5, 0.6) is 0 Å². The molecule has 0 fully saturated rings. The molecule has 0 aliphatic carbocycles. The molecule has 0 N–H and O–H groups in total. The number of halogens is 1. The maximum absolute atomic E-state index is 2.12. The SMILES string of the molecule is [Cl-].[H-].[Zr+2].[Zr+2].c1ccc2[cH-]ccc2c1.c1ccc2[cH-]ccc2c1. The first-order valence-electron chi connectivity index (χ1n) is 6.14. The van der Waals surface area contributed by atoms with Gasteiger partial charge < -0.3 is 13.8 Å². The number of benzene rings is 2. The summed E-state index contributed by atoms with van der Waals surface area (Å²) in [6, 6.07) is 29.3. The first-order valence-corrected chi connectivity index (χ1v) is 6.14. The van der Waals surface area contributed by atoms with Gasteiger partial charge in [0.2, 0.25) is 0 Å². The van der Waals surface area contributed by atoms with Gasteiger partial charge in [0.15, 0.2) is 0 Å². The van der Waals surface area contributed by atoms with Crippen molar-refractivity contribution in [3.05, 3.63) is 84.9 Å². The van der Waals surface area contributed by atoms with Crippen LogP contribution in [0.1, 0.15) is 1.43 Å². The van der Waals surface area contributed by atoms with Gasteiger partial charge in [0.1, 0.15) is 0 Å². The minimum Gasteiger partial charge on any atom is -1.00 e. The predicted octanol–water partition coefficient (Wildman–Crippen LogP) is 2.23. The van der Waals surface area contributed by atoms with E-state index in [1.807, 2.05) is 0 Å². The molecule has 3 heteroatoms. The Kier molecular flexibility index (Phi) is 10.3. The summed E-state index contributed by atoms with van der Waals surface area (Å²) in [5, 5.41) is 5.32. The average Bonchev–Trinajstić information content (AvgIpc) is 3.08. The van der Waals surface area contributed by atoms with Crippen LogP contribution in [0.15, 0.2) is 84.9 Å². The Bertz CT molecular complexity index is 635. The Hall–Kier alpha value is -0.284. The third kappa shape index (κ3) is 5.44. The molecular formula is C18H15ClZr2. The Labute approximate surface area is 171 Å². The van der Waals surface area contributed by atoms with Gasteiger partial charge in [-0.25, -0.2) is 0 Å². The van der Waals surface area contributed by atoms with Crippen molar-refractivity contribution in [2.45, 2.75) is 0 Å². The van der Waals surface area contributed by atoms with E-state index in [9.17, 15) is 0 Å². The van der Waals surface area contributed by atoms with Crippen LogP contribution in [-0.2, 0) is 52.4 Å². The van der Waals surface area contributed by atoms with Gasteiger partial charge in [-0.3, -0.25) is 0 Å². The maximum atomic E-state index is 2.12. The fourth-order valence-electron chi connectivity index (χ4n) is 2.14. The van der Waals surface area contributed by atoms with E-state index in [1.165, 1.54) is 21.5 Å². The molecule has 0 aliphatic rings. The van der Waals surface area contributed by atoms with Gasteiger partial charge in [-0.2, -0.15) is 35.0 Å². The van der Waals surface area contributed by atoms with Gasteiger partial charge in [0.25, 0.3) is 0 Å². The monoisotopic (exact) mass is 446 g/mol. The zero-order valence-electron chi connectivity index (χ0n) is 12.5. The van der Waals surface area contributed by atoms with Crippen LogP contribution in [0.3, 0.4) is 0 Å². The van der Waals surface area contributed by atoms with Gasteiger partial charge >= 0.3 is 52.4 Å². The second-order valence-electron chi connectivity index (χ2n) is 4.31. The molecule has 102 valence electrons. The molecule has 0 amide bonds. The Morgan fingerprint density at radius 2 is 0.952 bits per heavy atom. The molecule has 4 aromatic carbocycles. The molecule has 0 nitrogen and oxygen atoms in total. The van der Waals surface area contributed by atoms with Crippen LogP contribution < -0.4 is 12.4 Å². The minimum atomic E-state index is 0. The van der Waals surface area contributed by atoms with E-state index >= 15 is 0 Å². The van der Waals surface area contributed by atoms with Crippen LogP contribution in [0.4, 0.5) is 0 Å². The van der Waals surface area contributed by atoms with Gasteiger partial charge in [-0.1, -0.05) is 12.1 Å². The summed E-state index contributed by atoms with van der Waals surface area (Å²) in [6.07, 6.45) is 0. The van der Waals surface area contributed by atoms with E-state index in [0.29, 0.717) is 0 Å². The van der Waals surface area contributed by atoms with Crippen LogP contribution >= 0.6 is 0 Å². The molecule has 0 heterocycles. The van der Waals surface area contributed by atoms with Crippen molar-refractivity contribution in [3.8, 4) is 0 Å². The topological polar surface area (TPSA) is 0 Å². The van der Waals surface area contributed by atoms with E-state index in [-0.39, 0.29) is 66.2 Å². The Morgan fingerprint density at radius 1 is 0.571 bits per heavy atom. The number of rotatable bonds is 0. The summed E-state index contributed by atoms with van der Waals surface area (Å²) >= 11 is 0. The average molecular weight is 449 g/mol. The standard InChI is InChI=1S/2C9H7.ClH.2Zr.H/c2*1-2-5-9-7-3-6-8(9)4-1;;;;/h2*1-7H;1H;;;/q2*-1;;2*+2;-1/p-1. The molecule has 21 heavy (non-hydrogen) atoms. The summed E-state index contributed by atoms with van der Waals surface area (Å²) in [7, 11) is 0. The number of hydrogen-bond donors (Lipinski definition) is 0. The van der Waals surface area contributed by atoms with E-state index in [0.717, 1.165) is 0 Å². The summed E-state index contributed by atoms with van der Waals surface area (Å²) in [5.74, 6) is 0. The normalized spacial score (nSPS) is 8.76. The van der Waals surface area contributed by atoms with Crippen LogP contribution in [-0.4, -0.2) is 0 Å². The zero-order valence-corrected chi connectivity index (χ0v) is 17.1. The molecule has 0 aliphatic heterocycles. The fraction of sp³-hybridized carbons (Fsp3) is 0. The van der Waals surface area contributed by atoms with Crippen molar-refractivity contribution in [1.29, 1.82) is 0 Å². The van der Waals surface area contributed by atoms with Crippen LogP contribution in [0.2, 0.25) is 0 Å². The van der Waals surface area contributed by atoms with Gasteiger partial charge in [-0.15, -0.1) is 59.3 Å². The summed E-state index contributed by atoms with van der Waals surface area (Å²) in [5.41, 5.74) is 0. The molecule has 0 unspecified atom stereocenters. The van der Waals surface area contributed by atoms with E-state index < -0.39 is 0 Å². The number of fused-ring (bicyclic) bond motifs is 2. The van der Waals surface area contributed by atoms with Crippen molar-refractivity contribution in [1.82, 2.24) is 0 Å². The second kappa shape index (κ2) is 10.4. The zero-order chi connectivity index (χ0) is 12.2. The predicted molar refractivity (Wildman–Crippen MR) is 80.2 cm³/mol. The third-order valence-corrected chi connectivity index (χ3v) is 3.10. The van der Waals surface area contributed by atoms with Crippen molar-refractivity contribution in [2.75, 3.05) is 0 Å². The summed E-state index contributed by atoms with van der Waals surface area (Å²) in [4.78, 5) is 0. The smallest absolute Gasteiger partial charge is 1.00 e. The molecular weight excluding hydrogens is 434 g/mol. The van der Waals surface area contributed by atoms with Crippen LogP contribution in [0, 0.1) is 0 Å². The molecule has 4 rings (SSSR count). The molecule has 4 aromatic rings. The maximum Gasteiger partial charge on any atom is 2.00 e. The van der Waals surface area contributed by atoms with Gasteiger partial charge in [0, 0.05) is 0 Å². The van der Waals surface area contributed by atoms with E-state index in [1.54, 1.807) is 0 Å². The van der Waals surface area contributed by atoms with Crippen molar-refractivity contribution in [3.63, 3.8) is 0 Å². The van der Waals surface area contributed by atoms with Crippen molar-refractivity contribution in [2.24, 2.45) is 0 Å². The van der Waals surface area contributed by atoms with Gasteiger partial charge in [-0.05, 0) is 0 Å². The van der Waals surface area contributed by atoms with Crippen molar-refractivity contribution >= 4 is 21.5 Å². The number of hydrogen-bond acceptors (Lipinski definition) is 0. The molecule has 0 saturated heterocycles. The molecule has 0 spiro atoms. The molecule has 0 saturated carbocycles. The summed E-state index contributed by atoms with van der Waals surface area (Å²) < 4.78 is 0. The first kappa shape index (κ1) is 20.7. The Balaban J connectivity index is 0. The minimum absolute atomic E-state index is 0. The second-order valence-corrected chi connectivity index (χ2v) is 4.31. The Morgan fingerprint density at radius 3 is 1.33 bits per heavy atom. The summed E-state index contributed by atoms with van der Waals surface area (Å²) in [6.45, 7) is 0. The third-order valence-electron chi connectivity index (χ3n) is 3.10. The quantitative estimate of drug-likeness (QED) is 0.362. The molecule has 0 radical (unpaired) electrons. The van der Waals surface area contributed by atoms with Crippen molar-refractivity contribution < 1.29 is 66.2 Å². The van der Waals surface area contributed by atoms with Crippen LogP contribution in [0.25, 0.3) is 21.5 Å².